The molecule has 1 aliphatic rings. The Kier molecular flexibility index (Phi) is 5.41. The monoisotopic (exact) mass is 275 g/mol. The highest BCUT2D eigenvalue weighted by Gasteiger charge is 2.11. The minimum Gasteiger partial charge on any atom is -0.382 e. The van der Waals surface area contributed by atoms with Crippen molar-refractivity contribution >= 4 is 11.6 Å². The highest BCUT2D eigenvalue weighted by atomic mass is 16.2. The van der Waals surface area contributed by atoms with Crippen molar-refractivity contribution in [3.63, 3.8) is 0 Å². The molecule has 1 saturated heterocycles. The van der Waals surface area contributed by atoms with Crippen molar-refractivity contribution in [1.82, 2.24) is 10.2 Å². The second-order valence-corrected chi connectivity index (χ2v) is 5.60. The van der Waals surface area contributed by atoms with Gasteiger partial charge in [0.2, 0.25) is 5.91 Å². The Morgan fingerprint density at radius 2 is 2.25 bits per heavy atom. The molecule has 1 aromatic rings. The van der Waals surface area contributed by atoms with E-state index in [1.54, 1.807) is 11.8 Å². The third-order valence-electron chi connectivity index (χ3n) is 3.83. The molecule has 20 heavy (non-hydrogen) atoms. The van der Waals surface area contributed by atoms with Crippen LogP contribution in [0.25, 0.3) is 0 Å². The first-order valence-electron chi connectivity index (χ1n) is 7.43. The molecule has 1 unspecified atom stereocenters. The topological polar surface area (TPSA) is 44.4 Å². The number of carbonyl (C=O) groups excluding carboxylic acids is 1. The fraction of sp³-hybridized carbons (Fsp3) is 0.562. The molecule has 0 radical (unpaired) electrons. The molecule has 0 spiro atoms. The van der Waals surface area contributed by atoms with Crippen LogP contribution in [0.2, 0.25) is 0 Å². The van der Waals surface area contributed by atoms with Crippen molar-refractivity contribution < 1.29 is 4.79 Å². The summed E-state index contributed by atoms with van der Waals surface area (Å²) >= 11 is 0. The first-order valence-corrected chi connectivity index (χ1v) is 7.43. The molecule has 2 N–H and O–H groups in total. The Hall–Kier alpha value is -1.55. The van der Waals surface area contributed by atoms with Gasteiger partial charge in [0.25, 0.3) is 0 Å². The summed E-state index contributed by atoms with van der Waals surface area (Å²) in [5.41, 5.74) is 2.32. The number of nitrogens with one attached hydrogen (secondary N) is 2. The van der Waals surface area contributed by atoms with Crippen LogP contribution >= 0.6 is 0 Å². The van der Waals surface area contributed by atoms with E-state index in [4.69, 9.17) is 0 Å². The normalized spacial score (nSPS) is 19.2. The van der Waals surface area contributed by atoms with Crippen molar-refractivity contribution in [2.75, 3.05) is 25.5 Å². The molecule has 1 amide bonds. The number of benzene rings is 1. The Morgan fingerprint density at radius 1 is 1.40 bits per heavy atom. The predicted octanol–water partition coefficient (Wildman–Crippen LogP) is 2.22. The molecule has 0 saturated carbocycles. The SMILES string of the molecule is CC(=O)N(C)Cc1cccc(NC2CCCNCC2)c1. The third kappa shape index (κ3) is 4.53. The minimum atomic E-state index is 0.0956. The van der Waals surface area contributed by atoms with Crippen LogP contribution in [0, 0.1) is 0 Å². The van der Waals surface area contributed by atoms with Gasteiger partial charge in [-0.1, -0.05) is 12.1 Å². The number of rotatable bonds is 4. The lowest BCUT2D eigenvalue weighted by molar-refractivity contribution is -0.128. The Labute approximate surface area is 121 Å². The van der Waals surface area contributed by atoms with Gasteiger partial charge in [-0.3, -0.25) is 4.79 Å². The van der Waals surface area contributed by atoms with Gasteiger partial charge in [0.15, 0.2) is 0 Å². The maximum absolute atomic E-state index is 11.3. The number of nitrogens with zero attached hydrogens (tertiary/aromatic N) is 1. The second kappa shape index (κ2) is 7.29. The predicted molar refractivity (Wildman–Crippen MR) is 82.7 cm³/mol. The van der Waals surface area contributed by atoms with Crippen LogP contribution in [-0.4, -0.2) is 37.0 Å². The van der Waals surface area contributed by atoms with E-state index in [0.717, 1.165) is 25.2 Å². The summed E-state index contributed by atoms with van der Waals surface area (Å²) < 4.78 is 0. The van der Waals surface area contributed by atoms with Gasteiger partial charge in [0, 0.05) is 32.2 Å². The van der Waals surface area contributed by atoms with Gasteiger partial charge < -0.3 is 15.5 Å². The number of amides is 1. The Morgan fingerprint density at radius 3 is 3.05 bits per heavy atom. The molecule has 1 fully saturated rings. The van der Waals surface area contributed by atoms with E-state index in [0.29, 0.717) is 12.6 Å². The molecule has 2 rings (SSSR count). The number of anilines is 1. The summed E-state index contributed by atoms with van der Waals surface area (Å²) in [5.74, 6) is 0.0956. The van der Waals surface area contributed by atoms with Crippen LogP contribution in [0.1, 0.15) is 31.7 Å². The van der Waals surface area contributed by atoms with Crippen LogP contribution < -0.4 is 10.6 Å². The van der Waals surface area contributed by atoms with Crippen LogP contribution in [-0.2, 0) is 11.3 Å². The van der Waals surface area contributed by atoms with Crippen LogP contribution in [0.4, 0.5) is 5.69 Å². The lowest BCUT2D eigenvalue weighted by Crippen LogP contribution is -2.23. The molecule has 0 aliphatic carbocycles. The lowest BCUT2D eigenvalue weighted by Gasteiger charge is -2.19. The van der Waals surface area contributed by atoms with E-state index < -0.39 is 0 Å². The average Bonchev–Trinajstić information content (AvgIpc) is 2.67. The zero-order chi connectivity index (χ0) is 14.4. The van der Waals surface area contributed by atoms with Crippen LogP contribution in [0.5, 0.6) is 0 Å². The quantitative estimate of drug-likeness (QED) is 0.885. The van der Waals surface area contributed by atoms with E-state index in [-0.39, 0.29) is 5.91 Å². The fourth-order valence-electron chi connectivity index (χ4n) is 2.54. The number of carbonyl (C=O) groups is 1. The van der Waals surface area contributed by atoms with Gasteiger partial charge in [-0.25, -0.2) is 0 Å². The average molecular weight is 275 g/mol. The molecule has 1 atom stereocenters. The molecule has 4 heteroatoms. The van der Waals surface area contributed by atoms with Gasteiger partial charge in [0.05, 0.1) is 0 Å². The summed E-state index contributed by atoms with van der Waals surface area (Å²) in [4.78, 5) is 13.0. The van der Waals surface area contributed by atoms with Gasteiger partial charge in [0.1, 0.15) is 0 Å². The van der Waals surface area contributed by atoms with Crippen LogP contribution in [0.15, 0.2) is 24.3 Å². The van der Waals surface area contributed by atoms with Crippen molar-refractivity contribution in [3.8, 4) is 0 Å². The summed E-state index contributed by atoms with van der Waals surface area (Å²) in [7, 11) is 1.83. The van der Waals surface area contributed by atoms with E-state index in [2.05, 4.69) is 34.9 Å². The number of hydrogen-bond acceptors (Lipinski definition) is 3. The molecular formula is C16H25N3O. The van der Waals surface area contributed by atoms with E-state index in [9.17, 15) is 4.79 Å². The first kappa shape index (κ1) is 14.9. The maximum Gasteiger partial charge on any atom is 0.219 e. The minimum absolute atomic E-state index is 0.0956. The standard InChI is InChI=1S/C16H25N3O/c1-13(20)19(2)12-14-5-3-6-16(11-14)18-15-7-4-9-17-10-8-15/h3,5-6,11,15,17-18H,4,7-10,12H2,1-2H3. The number of hydrogen-bond donors (Lipinski definition) is 2. The van der Waals surface area contributed by atoms with Crippen LogP contribution in [0.3, 0.4) is 0 Å². The molecule has 0 aromatic heterocycles. The zero-order valence-electron chi connectivity index (χ0n) is 12.5. The molecular weight excluding hydrogens is 250 g/mol. The summed E-state index contributed by atoms with van der Waals surface area (Å²) in [5, 5.41) is 7.05. The van der Waals surface area contributed by atoms with E-state index >= 15 is 0 Å². The summed E-state index contributed by atoms with van der Waals surface area (Å²) in [6.07, 6.45) is 3.60. The largest absolute Gasteiger partial charge is 0.382 e. The van der Waals surface area contributed by atoms with E-state index in [1.165, 1.54) is 18.4 Å². The van der Waals surface area contributed by atoms with Crippen molar-refractivity contribution in [1.29, 1.82) is 0 Å². The van der Waals surface area contributed by atoms with E-state index in [1.807, 2.05) is 7.05 Å². The molecule has 0 bridgehead atoms. The zero-order valence-corrected chi connectivity index (χ0v) is 12.5. The molecule has 1 aromatic carbocycles. The molecule has 110 valence electrons. The van der Waals surface area contributed by atoms with Crippen molar-refractivity contribution in [3.05, 3.63) is 29.8 Å². The first-order chi connectivity index (χ1) is 9.65. The second-order valence-electron chi connectivity index (χ2n) is 5.60. The molecule has 4 nitrogen and oxygen atoms in total. The van der Waals surface area contributed by atoms with Gasteiger partial charge in [-0.05, 0) is 50.0 Å². The fourth-order valence-corrected chi connectivity index (χ4v) is 2.54. The smallest absolute Gasteiger partial charge is 0.219 e. The van der Waals surface area contributed by atoms with Gasteiger partial charge in [-0.15, -0.1) is 0 Å². The highest BCUT2D eigenvalue weighted by Crippen LogP contribution is 2.17. The Bertz CT molecular complexity index is 439. The van der Waals surface area contributed by atoms with Gasteiger partial charge in [-0.2, -0.15) is 0 Å². The summed E-state index contributed by atoms with van der Waals surface area (Å²) in [6, 6.07) is 8.93. The van der Waals surface area contributed by atoms with Crippen molar-refractivity contribution in [2.45, 2.75) is 38.8 Å². The Balaban J connectivity index is 1.96. The van der Waals surface area contributed by atoms with Crippen molar-refractivity contribution in [2.24, 2.45) is 0 Å². The third-order valence-corrected chi connectivity index (χ3v) is 3.83. The lowest BCUT2D eigenvalue weighted by atomic mass is 10.1. The molecule has 1 aliphatic heterocycles. The summed E-state index contributed by atoms with van der Waals surface area (Å²) in [6.45, 7) is 4.48. The highest BCUT2D eigenvalue weighted by molar-refractivity contribution is 5.72. The van der Waals surface area contributed by atoms with Gasteiger partial charge >= 0.3 is 0 Å². The maximum atomic E-state index is 11.3. The molecule has 1 heterocycles.